The minimum absolute atomic E-state index is 0.00174. The lowest BCUT2D eigenvalue weighted by molar-refractivity contribution is -0.385. The van der Waals surface area contributed by atoms with Crippen LogP contribution in [0.4, 0.5) is 5.69 Å². The van der Waals surface area contributed by atoms with E-state index in [1.54, 1.807) is 12.1 Å². The minimum atomic E-state index is -2.00. The van der Waals surface area contributed by atoms with E-state index in [2.05, 4.69) is 23.3 Å². The largest absolute Gasteiger partial charge is 0.270 e. The van der Waals surface area contributed by atoms with Crippen LogP contribution in [0, 0.1) is 10.1 Å². The molecule has 0 amide bonds. The molecule has 1 aromatic carbocycles. The van der Waals surface area contributed by atoms with Crippen LogP contribution in [0.3, 0.4) is 0 Å². The van der Waals surface area contributed by atoms with E-state index in [-0.39, 0.29) is 5.69 Å². The Kier molecular flexibility index (Phi) is 3.39. The lowest BCUT2D eigenvalue weighted by Gasteiger charge is -2.18. The standard InChI is InChI=1S/C6H6ClNO2S3/c7-13(11,12)6-3-1-2-5(4-6)8(9)10/h1-4,11-12H. The van der Waals surface area contributed by atoms with Gasteiger partial charge in [0.25, 0.3) is 5.69 Å². The van der Waals surface area contributed by atoms with Crippen molar-refractivity contribution in [1.82, 2.24) is 0 Å². The summed E-state index contributed by atoms with van der Waals surface area (Å²) < 4.78 is 0. The van der Waals surface area contributed by atoms with Crippen LogP contribution in [-0.4, -0.2) is 4.92 Å². The van der Waals surface area contributed by atoms with Gasteiger partial charge in [0.05, 0.1) is 4.92 Å². The number of halogens is 1. The van der Waals surface area contributed by atoms with Crippen LogP contribution in [-0.2, 0) is 0 Å². The van der Waals surface area contributed by atoms with Gasteiger partial charge in [-0.3, -0.25) is 10.1 Å². The maximum absolute atomic E-state index is 10.4. The molecule has 7 heteroatoms. The van der Waals surface area contributed by atoms with Crippen LogP contribution in [0.15, 0.2) is 29.2 Å². The highest BCUT2D eigenvalue weighted by Gasteiger charge is 2.16. The summed E-state index contributed by atoms with van der Waals surface area (Å²) in [6, 6.07) is 5.99. The normalized spacial score (nSPS) is 12.5. The maximum Gasteiger partial charge on any atom is 0.270 e. The molecule has 72 valence electrons. The van der Waals surface area contributed by atoms with Gasteiger partial charge in [-0.1, -0.05) is 6.07 Å². The molecule has 0 saturated heterocycles. The van der Waals surface area contributed by atoms with Gasteiger partial charge in [0, 0.05) is 17.0 Å². The summed E-state index contributed by atoms with van der Waals surface area (Å²) >= 11 is 8.10. The van der Waals surface area contributed by atoms with Crippen molar-refractivity contribution in [1.29, 1.82) is 0 Å². The van der Waals surface area contributed by atoms with Crippen LogP contribution < -0.4 is 0 Å². The second-order valence-electron chi connectivity index (χ2n) is 2.23. The molecule has 0 aliphatic heterocycles. The van der Waals surface area contributed by atoms with Crippen LogP contribution in [0.5, 0.6) is 0 Å². The quantitative estimate of drug-likeness (QED) is 0.367. The molecular formula is C6H6ClNO2S3. The van der Waals surface area contributed by atoms with Crippen LogP contribution in [0.2, 0.25) is 0 Å². The molecule has 0 radical (unpaired) electrons. The van der Waals surface area contributed by atoms with E-state index in [1.165, 1.54) is 12.1 Å². The summed E-state index contributed by atoms with van der Waals surface area (Å²) in [5, 5.41) is 10.4. The maximum atomic E-state index is 10.4. The second-order valence-corrected chi connectivity index (χ2v) is 10.5. The van der Waals surface area contributed by atoms with Gasteiger partial charge in [-0.15, -0.1) is 23.3 Å². The molecule has 0 N–H and O–H groups in total. The molecule has 0 atom stereocenters. The van der Waals surface area contributed by atoms with Crippen molar-refractivity contribution in [2.45, 2.75) is 4.90 Å². The number of thiol groups is 2. The number of non-ortho nitro benzene ring substituents is 1. The van der Waals surface area contributed by atoms with E-state index in [0.717, 1.165) is 0 Å². The number of rotatable bonds is 2. The molecule has 0 unspecified atom stereocenters. The van der Waals surface area contributed by atoms with Gasteiger partial charge in [-0.25, -0.2) is 0 Å². The Balaban J connectivity index is 3.13. The monoisotopic (exact) mass is 255 g/mol. The summed E-state index contributed by atoms with van der Waals surface area (Å²) in [5.41, 5.74) is -0.00174. The first-order chi connectivity index (χ1) is 5.91. The number of benzene rings is 1. The van der Waals surface area contributed by atoms with Gasteiger partial charge in [0.1, 0.15) is 0 Å². The van der Waals surface area contributed by atoms with E-state index in [9.17, 15) is 10.1 Å². The second kappa shape index (κ2) is 4.00. The van der Waals surface area contributed by atoms with Gasteiger partial charge in [0.15, 0.2) is 0 Å². The molecule has 1 rings (SSSR count). The molecule has 0 bridgehead atoms. The Morgan fingerprint density at radius 3 is 2.54 bits per heavy atom. The number of hydrogen-bond donors (Lipinski definition) is 2. The van der Waals surface area contributed by atoms with Crippen molar-refractivity contribution >= 4 is 47.0 Å². The molecule has 0 fully saturated rings. The Hall–Kier alpha value is -0.0400. The zero-order valence-electron chi connectivity index (χ0n) is 6.25. The van der Waals surface area contributed by atoms with Crippen LogP contribution >= 0.6 is 41.3 Å². The third-order valence-electron chi connectivity index (χ3n) is 1.33. The van der Waals surface area contributed by atoms with Gasteiger partial charge >= 0.3 is 0 Å². The first-order valence-corrected chi connectivity index (χ1v) is 7.70. The number of hydrogen-bond acceptors (Lipinski definition) is 4. The van der Waals surface area contributed by atoms with Crippen molar-refractivity contribution in [3.63, 3.8) is 0 Å². The average Bonchev–Trinajstić information content (AvgIpc) is 2.03. The fourth-order valence-electron chi connectivity index (χ4n) is 0.759. The molecule has 3 nitrogen and oxygen atoms in total. The highest BCUT2D eigenvalue weighted by Crippen LogP contribution is 2.68. The zero-order valence-corrected chi connectivity index (χ0v) is 9.62. The summed E-state index contributed by atoms with van der Waals surface area (Å²) in [6.45, 7) is 0. The van der Waals surface area contributed by atoms with Crippen molar-refractivity contribution < 1.29 is 4.92 Å². The molecule has 0 heterocycles. The zero-order chi connectivity index (χ0) is 10.1. The molecule has 1 aromatic rings. The number of nitro benzene ring substituents is 1. The fraction of sp³-hybridized carbons (Fsp3) is 0. The predicted molar refractivity (Wildman–Crippen MR) is 62.8 cm³/mol. The summed E-state index contributed by atoms with van der Waals surface area (Å²) in [4.78, 5) is 10.5. The van der Waals surface area contributed by atoms with E-state index in [1.807, 2.05) is 0 Å². The van der Waals surface area contributed by atoms with Gasteiger partial charge in [0.2, 0.25) is 0 Å². The summed E-state index contributed by atoms with van der Waals surface area (Å²) in [5.74, 6) is 0. The summed E-state index contributed by atoms with van der Waals surface area (Å²) in [6.07, 6.45) is 0. The molecule has 0 aromatic heterocycles. The summed E-state index contributed by atoms with van der Waals surface area (Å²) in [7, 11) is 3.82. The lowest BCUT2D eigenvalue weighted by atomic mass is 10.3. The average molecular weight is 256 g/mol. The minimum Gasteiger partial charge on any atom is -0.258 e. The third-order valence-corrected chi connectivity index (χ3v) is 3.98. The number of nitrogens with zero attached hydrogens (tertiary/aromatic N) is 1. The first-order valence-electron chi connectivity index (χ1n) is 3.13. The highest BCUT2D eigenvalue weighted by atomic mass is 35.8. The Labute approximate surface area is 91.1 Å². The Bertz CT molecular complexity index is 339. The Morgan fingerprint density at radius 2 is 2.08 bits per heavy atom. The van der Waals surface area contributed by atoms with Crippen molar-refractivity contribution in [3.05, 3.63) is 34.4 Å². The van der Waals surface area contributed by atoms with Crippen LogP contribution in [0.25, 0.3) is 0 Å². The van der Waals surface area contributed by atoms with Gasteiger partial charge < -0.3 is 0 Å². The molecule has 0 spiro atoms. The predicted octanol–water partition coefficient (Wildman–Crippen LogP) is 3.60. The fourth-order valence-corrected chi connectivity index (χ4v) is 2.25. The topological polar surface area (TPSA) is 43.1 Å². The lowest BCUT2D eigenvalue weighted by Crippen LogP contribution is -1.88. The van der Waals surface area contributed by atoms with Crippen molar-refractivity contribution in [3.8, 4) is 0 Å². The van der Waals surface area contributed by atoms with Crippen molar-refractivity contribution in [2.75, 3.05) is 0 Å². The van der Waals surface area contributed by atoms with Gasteiger partial charge in [-0.05, 0) is 24.1 Å². The molecule has 13 heavy (non-hydrogen) atoms. The smallest absolute Gasteiger partial charge is 0.258 e. The highest BCUT2D eigenvalue weighted by molar-refractivity contribution is 9.25. The van der Waals surface area contributed by atoms with E-state index < -0.39 is 12.2 Å². The number of nitro groups is 1. The van der Waals surface area contributed by atoms with Crippen LogP contribution in [0.1, 0.15) is 0 Å². The Morgan fingerprint density at radius 1 is 1.46 bits per heavy atom. The van der Waals surface area contributed by atoms with E-state index in [0.29, 0.717) is 4.90 Å². The molecular weight excluding hydrogens is 250 g/mol. The van der Waals surface area contributed by atoms with Gasteiger partial charge in [-0.2, -0.15) is 0 Å². The molecule has 0 saturated carbocycles. The van der Waals surface area contributed by atoms with Crippen molar-refractivity contribution in [2.24, 2.45) is 0 Å². The SMILES string of the molecule is O=[N+]([O-])c1cccc(S(S)(S)Cl)c1. The third kappa shape index (κ3) is 2.98. The molecule has 0 aliphatic rings. The van der Waals surface area contributed by atoms with E-state index in [4.69, 9.17) is 10.7 Å². The molecule has 0 aliphatic carbocycles. The first kappa shape index (κ1) is 11.0. The van der Waals surface area contributed by atoms with E-state index >= 15 is 0 Å².